The van der Waals surface area contributed by atoms with Crippen molar-refractivity contribution in [2.75, 3.05) is 27.9 Å². The molecule has 0 aliphatic heterocycles. The van der Waals surface area contributed by atoms with Crippen LogP contribution in [0, 0.1) is 0 Å². The molecule has 0 radical (unpaired) electrons. The average molecular weight is 1920 g/mol. The molecule has 22 rings (SSSR count). The fourth-order valence-corrected chi connectivity index (χ4v) is 20.2. The Morgan fingerprint density at radius 2 is 0.392 bits per heavy atom. The molecule has 2 unspecified atom stereocenters. The Morgan fingerprint density at radius 3 is 0.615 bits per heavy atom. The molecular formula is C142H122N4O2. The Kier molecular flexibility index (Phi) is 30.3. The second kappa shape index (κ2) is 46.4. The first-order valence-corrected chi connectivity index (χ1v) is 52.5. The molecule has 6 heteroatoms. The van der Waals surface area contributed by atoms with Crippen molar-refractivity contribution in [3.05, 3.63) is 556 Å². The van der Waals surface area contributed by atoms with Crippen LogP contribution in [0.4, 0.5) is 51.2 Å². The number of benzene rings is 21. The number of unbranched alkanes of at least 4 members (excludes halogenated alkanes) is 2. The number of nitrogens with zero attached hydrogens (tertiary/aromatic N) is 4. The third-order valence-corrected chi connectivity index (χ3v) is 29.1. The fourth-order valence-electron chi connectivity index (χ4n) is 20.2. The van der Waals surface area contributed by atoms with Crippen LogP contribution >= 0.6 is 0 Å². The van der Waals surface area contributed by atoms with Crippen LogP contribution < -0.4 is 24.2 Å². The van der Waals surface area contributed by atoms with Gasteiger partial charge in [0.25, 0.3) is 0 Å². The smallest absolute Gasteiger partial charge is 0.119 e. The van der Waals surface area contributed by atoms with E-state index in [4.69, 9.17) is 9.47 Å². The number of para-hydroxylation sites is 1. The maximum Gasteiger partial charge on any atom is 0.119 e. The van der Waals surface area contributed by atoms with Crippen molar-refractivity contribution in [3.63, 3.8) is 0 Å². The molecule has 148 heavy (non-hydrogen) atoms. The third-order valence-electron chi connectivity index (χ3n) is 29.1. The van der Waals surface area contributed by atoms with Gasteiger partial charge < -0.3 is 28.7 Å². The summed E-state index contributed by atoms with van der Waals surface area (Å²) in [5.74, 6) is 3.07. The summed E-state index contributed by atoms with van der Waals surface area (Å²) in [6.45, 7) is 10.5. The summed E-state index contributed by atoms with van der Waals surface area (Å²) >= 11 is 0. The number of hydrogen-bond acceptors (Lipinski definition) is 5. The molecule has 6 nitrogen and oxygen atoms in total. The normalized spacial score (nSPS) is 11.6. The Labute approximate surface area is 873 Å². The van der Waals surface area contributed by atoms with E-state index in [2.05, 4.69) is 581 Å². The summed E-state index contributed by atoms with van der Waals surface area (Å²) in [5.41, 5.74) is 40.3. The maximum atomic E-state index is 6.09. The van der Waals surface area contributed by atoms with E-state index in [0.717, 1.165) is 144 Å². The SMILES string of the molecule is CCC(C)c1ccc(OCCCCc2ccc(-c3ccc(N(c4ccc(-c5ccccc5)cc4)c4ccc(-c5ccc(N(c6ccc(-c7ccccc7)cc6)c6ccc(-c7ccccc7)cc6)cc5)cc4)cc3)cc2)cc1.CCC(C)c1ccc(OCCCCc2ccc(-c3ccc4c(c3)c3cc(-c5ccc(N(c6ccc(-c7ccccc7)cc6)c6ccc(-c7ccccc7)cc6)cc5)ccc3n4-c3ccccc3)cc2)cc1. The highest BCUT2D eigenvalue weighted by molar-refractivity contribution is 6.12. The van der Waals surface area contributed by atoms with Crippen molar-refractivity contribution >= 4 is 73.0 Å². The van der Waals surface area contributed by atoms with Crippen LogP contribution in [0.2, 0.25) is 0 Å². The van der Waals surface area contributed by atoms with Gasteiger partial charge in [-0.2, -0.15) is 0 Å². The Morgan fingerprint density at radius 1 is 0.196 bits per heavy atom. The zero-order valence-corrected chi connectivity index (χ0v) is 84.6. The number of fused-ring (bicyclic) bond motifs is 3. The van der Waals surface area contributed by atoms with Gasteiger partial charge in [-0.15, -0.1) is 0 Å². The van der Waals surface area contributed by atoms with Crippen LogP contribution in [-0.4, -0.2) is 17.8 Å². The van der Waals surface area contributed by atoms with Crippen LogP contribution in [0.3, 0.4) is 0 Å². The number of hydrogen-bond donors (Lipinski definition) is 0. The summed E-state index contributed by atoms with van der Waals surface area (Å²) < 4.78 is 14.6. The molecule has 722 valence electrons. The molecule has 0 bridgehead atoms. The summed E-state index contributed by atoms with van der Waals surface area (Å²) in [6.07, 6.45) is 8.58. The van der Waals surface area contributed by atoms with Gasteiger partial charge in [0.2, 0.25) is 0 Å². The minimum atomic E-state index is 0.578. The predicted octanol–water partition coefficient (Wildman–Crippen LogP) is 39.7. The van der Waals surface area contributed by atoms with E-state index in [1.165, 1.54) is 133 Å². The van der Waals surface area contributed by atoms with Crippen molar-refractivity contribution in [2.45, 2.75) is 90.9 Å². The van der Waals surface area contributed by atoms with Crippen molar-refractivity contribution in [1.29, 1.82) is 0 Å². The molecular weight excluding hydrogens is 1790 g/mol. The Hall–Kier alpha value is -17.6. The number of ether oxygens (including phenoxy) is 2. The van der Waals surface area contributed by atoms with Gasteiger partial charge in [0, 0.05) is 67.6 Å². The lowest BCUT2D eigenvalue weighted by atomic mass is 9.98. The van der Waals surface area contributed by atoms with Crippen LogP contribution in [0.25, 0.3) is 128 Å². The van der Waals surface area contributed by atoms with Gasteiger partial charge in [-0.1, -0.05) is 392 Å². The minimum absolute atomic E-state index is 0.578. The summed E-state index contributed by atoms with van der Waals surface area (Å²) in [4.78, 5) is 7.04. The number of aryl methyl sites for hydroxylation is 2. The standard InChI is InChI=1S/C74H64N2O.C68H58N2O/c1-3-55(2)57-38-52-74(53-39-57)77-54-14-13-15-56-22-24-61(25-23-56)65-32-46-71(47-33-65)76(70-44-30-64(31-45-70)60-20-11-6-12-21-60)73-50-36-67(37-51-73)66-34-48-72(49-35-66)75(68-40-26-62(27-41-68)58-16-7-4-8-17-58)69-42-28-63(29-43-69)59-18-9-5-10-19-59;1-3-49(2)51-32-42-64(43-33-51)71-46-14-13-15-50-22-24-56(25-23-50)58-34-44-67-65(47-58)66-48-59(35-45-68(66)70(67)60-20-11-6-12-21-60)57-30-40-63(41-31-57)69(61-36-26-54(27-37-61)52-16-7-4-8-17-52)62-38-28-55(29-39-62)53-18-9-5-10-19-53/h4-12,16-53,55H,3,13-15,54H2,1-2H3;4-12,16-45,47-49H,3,13-15,46H2,1-2H3. The molecule has 0 aliphatic carbocycles. The van der Waals surface area contributed by atoms with E-state index in [0.29, 0.717) is 11.8 Å². The highest BCUT2D eigenvalue weighted by atomic mass is 16.5. The second-order valence-corrected chi connectivity index (χ2v) is 38.7. The fraction of sp³-hybridized carbons (Fsp3) is 0.113. The largest absolute Gasteiger partial charge is 0.494 e. The first kappa shape index (κ1) is 96.5. The van der Waals surface area contributed by atoms with Gasteiger partial charge in [-0.05, 0) is 355 Å². The zero-order valence-electron chi connectivity index (χ0n) is 84.6. The van der Waals surface area contributed by atoms with Crippen molar-refractivity contribution in [3.8, 4) is 117 Å². The van der Waals surface area contributed by atoms with Gasteiger partial charge in [-0.25, -0.2) is 0 Å². The third kappa shape index (κ3) is 22.8. The zero-order chi connectivity index (χ0) is 100. The topological polar surface area (TPSA) is 33.1 Å². The molecule has 0 N–H and O–H groups in total. The molecule has 2 atom stereocenters. The molecule has 21 aromatic carbocycles. The average Bonchev–Trinajstić information content (AvgIpc) is 1.58. The number of rotatable bonds is 35. The van der Waals surface area contributed by atoms with Crippen molar-refractivity contribution < 1.29 is 9.47 Å². The van der Waals surface area contributed by atoms with E-state index in [9.17, 15) is 0 Å². The van der Waals surface area contributed by atoms with Crippen LogP contribution in [0.1, 0.15) is 100 Å². The Bertz CT molecular complexity index is 7850. The lowest BCUT2D eigenvalue weighted by molar-refractivity contribution is 0.306. The predicted molar refractivity (Wildman–Crippen MR) is 627 cm³/mol. The number of aromatic nitrogens is 1. The Balaban J connectivity index is 0.000000174. The van der Waals surface area contributed by atoms with Crippen molar-refractivity contribution in [1.82, 2.24) is 4.57 Å². The quantitative estimate of drug-likeness (QED) is 0.0370. The van der Waals surface area contributed by atoms with E-state index in [-0.39, 0.29) is 0 Å². The monoisotopic (exact) mass is 1910 g/mol. The molecule has 1 heterocycles. The molecule has 0 saturated carbocycles. The second-order valence-electron chi connectivity index (χ2n) is 38.7. The van der Waals surface area contributed by atoms with Crippen LogP contribution in [0.5, 0.6) is 11.5 Å². The van der Waals surface area contributed by atoms with Crippen LogP contribution in [-0.2, 0) is 12.8 Å². The van der Waals surface area contributed by atoms with Crippen LogP contribution in [0.15, 0.2) is 534 Å². The number of anilines is 9. The molecule has 0 aliphatic rings. The minimum Gasteiger partial charge on any atom is -0.494 e. The lowest BCUT2D eigenvalue weighted by Crippen LogP contribution is -2.10. The summed E-state index contributed by atoms with van der Waals surface area (Å²) in [5, 5.41) is 2.47. The van der Waals surface area contributed by atoms with Gasteiger partial charge >= 0.3 is 0 Å². The molecule has 1 aromatic heterocycles. The van der Waals surface area contributed by atoms with Gasteiger partial charge in [0.1, 0.15) is 11.5 Å². The lowest BCUT2D eigenvalue weighted by Gasteiger charge is -2.27. The summed E-state index contributed by atoms with van der Waals surface area (Å²) in [6, 6.07) is 193. The maximum absolute atomic E-state index is 6.09. The first-order valence-electron chi connectivity index (χ1n) is 52.5. The highest BCUT2D eigenvalue weighted by Crippen LogP contribution is 2.46. The van der Waals surface area contributed by atoms with E-state index >= 15 is 0 Å². The molecule has 0 spiro atoms. The highest BCUT2D eigenvalue weighted by Gasteiger charge is 2.22. The van der Waals surface area contributed by atoms with E-state index < -0.39 is 0 Å². The van der Waals surface area contributed by atoms with Gasteiger partial charge in [0.05, 0.1) is 24.2 Å². The molecule has 0 saturated heterocycles. The van der Waals surface area contributed by atoms with Gasteiger partial charge in [0.15, 0.2) is 0 Å². The van der Waals surface area contributed by atoms with E-state index in [1.807, 2.05) is 0 Å². The van der Waals surface area contributed by atoms with Crippen molar-refractivity contribution in [2.24, 2.45) is 0 Å². The van der Waals surface area contributed by atoms with E-state index in [1.54, 1.807) is 0 Å². The van der Waals surface area contributed by atoms with Gasteiger partial charge in [-0.3, -0.25) is 0 Å². The molecule has 0 amide bonds. The molecule has 0 fully saturated rings. The summed E-state index contributed by atoms with van der Waals surface area (Å²) in [7, 11) is 0. The molecule has 22 aromatic rings. The first-order chi connectivity index (χ1) is 73.1.